The van der Waals surface area contributed by atoms with E-state index in [-0.39, 0.29) is 28.1 Å². The van der Waals surface area contributed by atoms with E-state index in [1.807, 2.05) is 0 Å². The van der Waals surface area contributed by atoms with Crippen LogP contribution in [0.5, 0.6) is 17.2 Å². The summed E-state index contributed by atoms with van der Waals surface area (Å²) in [5, 5.41) is 21.6. The molecule has 9 heteroatoms. The fourth-order valence-corrected chi connectivity index (χ4v) is 3.29. The predicted molar refractivity (Wildman–Crippen MR) is 105 cm³/mol. The van der Waals surface area contributed by atoms with E-state index < -0.39 is 5.97 Å². The van der Waals surface area contributed by atoms with Gasteiger partial charge in [0.05, 0.1) is 30.4 Å². The quantitative estimate of drug-likeness (QED) is 0.661. The average Bonchev–Trinajstić information content (AvgIpc) is 3.02. The van der Waals surface area contributed by atoms with Crippen molar-refractivity contribution < 1.29 is 29.3 Å². The summed E-state index contributed by atoms with van der Waals surface area (Å²) in [5.41, 5.74) is 0.631. The molecule has 1 fully saturated rings. The second-order valence-corrected chi connectivity index (χ2v) is 6.63. The number of amidine groups is 1. The normalized spacial score (nSPS) is 16.3. The highest BCUT2D eigenvalue weighted by molar-refractivity contribution is 8.18. The van der Waals surface area contributed by atoms with Crippen LogP contribution in [0.15, 0.2) is 46.3 Å². The number of benzene rings is 2. The number of amides is 1. The van der Waals surface area contributed by atoms with E-state index in [1.54, 1.807) is 31.4 Å². The van der Waals surface area contributed by atoms with Crippen LogP contribution >= 0.6 is 11.8 Å². The van der Waals surface area contributed by atoms with Gasteiger partial charge in [-0.05, 0) is 48.2 Å². The lowest BCUT2D eigenvalue weighted by atomic mass is 10.1. The fraction of sp³-hybridized carbons (Fsp3) is 0.105. The molecule has 0 radical (unpaired) electrons. The number of aromatic carboxylic acids is 1. The Morgan fingerprint density at radius 1 is 1.18 bits per heavy atom. The van der Waals surface area contributed by atoms with Crippen molar-refractivity contribution in [1.29, 1.82) is 0 Å². The minimum absolute atomic E-state index is 0.122. The average molecular weight is 400 g/mol. The second kappa shape index (κ2) is 8.05. The molecule has 3 N–H and O–H groups in total. The molecule has 1 aliphatic rings. The van der Waals surface area contributed by atoms with Crippen LogP contribution in [0.3, 0.4) is 0 Å². The molecule has 1 aliphatic heterocycles. The summed E-state index contributed by atoms with van der Waals surface area (Å²) < 4.78 is 10.5. The van der Waals surface area contributed by atoms with E-state index in [0.717, 1.165) is 17.8 Å². The van der Waals surface area contributed by atoms with Crippen molar-refractivity contribution in [1.82, 2.24) is 5.32 Å². The number of hydrogen-bond donors (Lipinski definition) is 3. The Kier molecular flexibility index (Phi) is 5.55. The molecule has 2 aromatic rings. The van der Waals surface area contributed by atoms with Crippen LogP contribution < -0.4 is 14.8 Å². The number of methoxy groups -OCH3 is 2. The standard InChI is InChI=1S/C19H16N2O6S/c1-26-12-5-3-10(15(9-12)27-2)7-16-17(23)21-19(28-16)20-14-6-4-11(22)8-13(14)18(24)25/h3-9,22H,1-2H3,(H,24,25)(H,20,21,23)/b16-7-. The van der Waals surface area contributed by atoms with Crippen molar-refractivity contribution in [3.63, 3.8) is 0 Å². The molecule has 2 aromatic carbocycles. The van der Waals surface area contributed by atoms with E-state index in [1.165, 1.54) is 19.2 Å². The molecule has 1 heterocycles. The maximum absolute atomic E-state index is 12.3. The molecule has 0 unspecified atom stereocenters. The number of aliphatic imine (C=N–C) groups is 1. The van der Waals surface area contributed by atoms with Crippen molar-refractivity contribution in [3.05, 3.63) is 52.4 Å². The lowest BCUT2D eigenvalue weighted by Gasteiger charge is -2.07. The van der Waals surface area contributed by atoms with Crippen LogP contribution in [-0.2, 0) is 4.79 Å². The Hall–Kier alpha value is -3.46. The lowest BCUT2D eigenvalue weighted by Crippen LogP contribution is -2.19. The third-order valence-corrected chi connectivity index (χ3v) is 4.72. The molecule has 0 saturated carbocycles. The summed E-state index contributed by atoms with van der Waals surface area (Å²) in [6, 6.07) is 9.00. The van der Waals surface area contributed by atoms with E-state index in [9.17, 15) is 19.8 Å². The Bertz CT molecular complexity index is 1020. The number of phenols is 1. The molecule has 28 heavy (non-hydrogen) atoms. The van der Waals surface area contributed by atoms with Crippen LogP contribution in [0, 0.1) is 0 Å². The van der Waals surface area contributed by atoms with Gasteiger partial charge in [-0.2, -0.15) is 0 Å². The molecule has 144 valence electrons. The van der Waals surface area contributed by atoms with Gasteiger partial charge < -0.3 is 25.0 Å². The van der Waals surface area contributed by atoms with Crippen molar-refractivity contribution in [2.24, 2.45) is 4.99 Å². The molecule has 3 rings (SSSR count). The van der Waals surface area contributed by atoms with Crippen molar-refractivity contribution in [2.75, 3.05) is 14.2 Å². The fourth-order valence-electron chi connectivity index (χ4n) is 2.46. The van der Waals surface area contributed by atoms with Gasteiger partial charge in [0.15, 0.2) is 5.17 Å². The molecule has 0 aliphatic carbocycles. The topological polar surface area (TPSA) is 117 Å². The molecule has 1 amide bonds. The van der Waals surface area contributed by atoms with Gasteiger partial charge in [-0.3, -0.25) is 4.79 Å². The summed E-state index contributed by atoms with van der Waals surface area (Å²) in [5.74, 6) is -0.618. The molecule has 0 spiro atoms. The zero-order chi connectivity index (χ0) is 20.3. The number of ether oxygens (including phenoxy) is 2. The third-order valence-electron chi connectivity index (χ3n) is 3.81. The van der Waals surface area contributed by atoms with E-state index in [0.29, 0.717) is 22.0 Å². The van der Waals surface area contributed by atoms with Gasteiger partial charge >= 0.3 is 5.97 Å². The molecular weight excluding hydrogens is 384 g/mol. The Labute approximate surface area is 164 Å². The van der Waals surface area contributed by atoms with Crippen LogP contribution in [0.2, 0.25) is 0 Å². The lowest BCUT2D eigenvalue weighted by molar-refractivity contribution is -0.115. The first-order valence-electron chi connectivity index (χ1n) is 7.99. The van der Waals surface area contributed by atoms with Crippen LogP contribution in [0.25, 0.3) is 6.08 Å². The Morgan fingerprint density at radius 3 is 2.64 bits per heavy atom. The summed E-state index contributed by atoms with van der Waals surface area (Å²) >= 11 is 1.07. The smallest absolute Gasteiger partial charge is 0.338 e. The maximum Gasteiger partial charge on any atom is 0.338 e. The number of nitrogens with zero attached hydrogens (tertiary/aromatic N) is 1. The van der Waals surface area contributed by atoms with Gasteiger partial charge in [-0.25, -0.2) is 9.79 Å². The number of thioether (sulfide) groups is 1. The van der Waals surface area contributed by atoms with Gasteiger partial charge in [0, 0.05) is 11.6 Å². The van der Waals surface area contributed by atoms with Crippen LogP contribution in [0.1, 0.15) is 15.9 Å². The predicted octanol–water partition coefficient (Wildman–Crippen LogP) is 3.00. The number of carboxylic acids is 1. The van der Waals surface area contributed by atoms with Crippen LogP contribution in [0.4, 0.5) is 5.69 Å². The summed E-state index contributed by atoms with van der Waals surface area (Å²) in [4.78, 5) is 28.2. The summed E-state index contributed by atoms with van der Waals surface area (Å²) in [6.45, 7) is 0. The van der Waals surface area contributed by atoms with Crippen LogP contribution in [-0.4, -0.2) is 41.5 Å². The second-order valence-electron chi connectivity index (χ2n) is 5.60. The Balaban J connectivity index is 1.92. The zero-order valence-electron chi connectivity index (χ0n) is 14.9. The molecule has 8 nitrogen and oxygen atoms in total. The van der Waals surface area contributed by atoms with E-state index >= 15 is 0 Å². The molecule has 0 aromatic heterocycles. The number of carboxylic acid groups (broad SMARTS) is 1. The van der Waals surface area contributed by atoms with Gasteiger partial charge in [0.1, 0.15) is 17.2 Å². The molecule has 0 bridgehead atoms. The molecular formula is C19H16N2O6S. The molecule has 1 saturated heterocycles. The van der Waals surface area contributed by atoms with Gasteiger partial charge in [0.25, 0.3) is 5.91 Å². The number of rotatable bonds is 5. The number of carbonyl (C=O) groups is 2. The SMILES string of the molecule is COc1ccc(/C=C2\SC(=Nc3ccc(O)cc3C(=O)O)NC2=O)c(OC)c1. The van der Waals surface area contributed by atoms with Gasteiger partial charge in [-0.15, -0.1) is 0 Å². The number of hydrogen-bond acceptors (Lipinski definition) is 7. The highest BCUT2D eigenvalue weighted by Gasteiger charge is 2.25. The number of phenolic OH excluding ortho intramolecular Hbond substituents is 1. The first-order chi connectivity index (χ1) is 13.4. The number of carbonyl (C=O) groups excluding carboxylic acids is 1. The van der Waals surface area contributed by atoms with Crippen molar-refractivity contribution in [2.45, 2.75) is 0 Å². The first-order valence-corrected chi connectivity index (χ1v) is 8.81. The zero-order valence-corrected chi connectivity index (χ0v) is 15.7. The number of nitrogens with one attached hydrogen (secondary N) is 1. The maximum atomic E-state index is 12.3. The number of aromatic hydroxyl groups is 1. The highest BCUT2D eigenvalue weighted by Crippen LogP contribution is 2.33. The first kappa shape index (κ1) is 19.3. The highest BCUT2D eigenvalue weighted by atomic mass is 32.2. The monoisotopic (exact) mass is 400 g/mol. The summed E-state index contributed by atoms with van der Waals surface area (Å²) in [7, 11) is 3.06. The van der Waals surface area contributed by atoms with E-state index in [2.05, 4.69) is 10.3 Å². The third kappa shape index (κ3) is 4.09. The van der Waals surface area contributed by atoms with Crippen molar-refractivity contribution in [3.8, 4) is 17.2 Å². The largest absolute Gasteiger partial charge is 0.508 e. The summed E-state index contributed by atoms with van der Waals surface area (Å²) in [6.07, 6.45) is 1.65. The van der Waals surface area contributed by atoms with E-state index in [4.69, 9.17) is 9.47 Å². The minimum atomic E-state index is -1.23. The Morgan fingerprint density at radius 2 is 1.96 bits per heavy atom. The van der Waals surface area contributed by atoms with Crippen molar-refractivity contribution >= 4 is 40.6 Å². The van der Waals surface area contributed by atoms with Gasteiger partial charge in [0.2, 0.25) is 0 Å². The minimum Gasteiger partial charge on any atom is -0.508 e. The molecule has 0 atom stereocenters. The van der Waals surface area contributed by atoms with Gasteiger partial charge in [-0.1, -0.05) is 0 Å².